The van der Waals surface area contributed by atoms with E-state index in [9.17, 15) is 14.4 Å². The van der Waals surface area contributed by atoms with Crippen LogP contribution < -0.4 is 16.0 Å². The van der Waals surface area contributed by atoms with Crippen molar-refractivity contribution in [3.05, 3.63) is 0 Å². The second-order valence-corrected chi connectivity index (χ2v) is 4.78. The van der Waals surface area contributed by atoms with E-state index in [0.717, 1.165) is 12.8 Å². The van der Waals surface area contributed by atoms with Gasteiger partial charge in [-0.2, -0.15) is 0 Å². The molecule has 1 fully saturated rings. The molecule has 108 valence electrons. The first-order valence-electron chi connectivity index (χ1n) is 6.54. The molecule has 1 rings (SSSR count). The Kier molecular flexibility index (Phi) is 6.11. The molecule has 0 aliphatic heterocycles. The van der Waals surface area contributed by atoms with Crippen LogP contribution in [0.4, 0.5) is 4.79 Å². The Balaban J connectivity index is 2.11. The lowest BCUT2D eigenvalue weighted by molar-refractivity contribution is -0.138. The largest absolute Gasteiger partial charge is 0.481 e. The zero-order valence-corrected chi connectivity index (χ0v) is 11.1. The lowest BCUT2D eigenvalue weighted by atomic mass is 10.0. The number of nitrogens with one attached hydrogen (secondary N) is 3. The number of aliphatic carboxylic acids is 1. The number of carbonyl (C=O) groups is 3. The van der Waals surface area contributed by atoms with Gasteiger partial charge in [0.15, 0.2) is 0 Å². The molecule has 0 aromatic rings. The third-order valence-electron chi connectivity index (χ3n) is 2.94. The van der Waals surface area contributed by atoms with Gasteiger partial charge in [0.2, 0.25) is 5.91 Å². The summed E-state index contributed by atoms with van der Waals surface area (Å²) < 4.78 is 0. The van der Waals surface area contributed by atoms with Crippen LogP contribution in [-0.4, -0.2) is 42.1 Å². The first-order valence-corrected chi connectivity index (χ1v) is 6.54. The Bertz CT molecular complexity index is 342. The van der Waals surface area contributed by atoms with Crippen LogP contribution in [0, 0.1) is 5.92 Å². The minimum Gasteiger partial charge on any atom is -0.481 e. The van der Waals surface area contributed by atoms with Crippen LogP contribution in [0.25, 0.3) is 0 Å². The Morgan fingerprint density at radius 3 is 2.47 bits per heavy atom. The molecule has 1 aliphatic carbocycles. The van der Waals surface area contributed by atoms with Gasteiger partial charge < -0.3 is 21.1 Å². The highest BCUT2D eigenvalue weighted by molar-refractivity contribution is 5.84. The van der Waals surface area contributed by atoms with E-state index in [1.807, 2.05) is 6.92 Å². The van der Waals surface area contributed by atoms with Crippen molar-refractivity contribution in [2.75, 3.05) is 13.1 Å². The fraction of sp³-hybridized carbons (Fsp3) is 0.750. The Morgan fingerprint density at radius 2 is 1.95 bits per heavy atom. The van der Waals surface area contributed by atoms with Crippen LogP contribution in [0.5, 0.6) is 0 Å². The minimum absolute atomic E-state index is 0.0267. The molecule has 0 radical (unpaired) electrons. The molecule has 0 aromatic heterocycles. The fourth-order valence-electron chi connectivity index (χ4n) is 1.57. The van der Waals surface area contributed by atoms with E-state index in [4.69, 9.17) is 5.11 Å². The molecule has 4 N–H and O–H groups in total. The molecular formula is C12H21N3O4. The molecule has 0 aromatic carbocycles. The van der Waals surface area contributed by atoms with E-state index >= 15 is 0 Å². The van der Waals surface area contributed by atoms with Gasteiger partial charge in [-0.15, -0.1) is 0 Å². The second-order valence-electron chi connectivity index (χ2n) is 4.78. The number of carboxylic acids is 1. The van der Waals surface area contributed by atoms with Crippen LogP contribution >= 0.6 is 0 Å². The van der Waals surface area contributed by atoms with Crippen molar-refractivity contribution < 1.29 is 19.5 Å². The number of hydrogen-bond donors (Lipinski definition) is 4. The lowest BCUT2D eigenvalue weighted by Gasteiger charge is -2.13. The zero-order valence-electron chi connectivity index (χ0n) is 11.1. The van der Waals surface area contributed by atoms with Gasteiger partial charge in [-0.1, -0.05) is 13.3 Å². The predicted molar refractivity (Wildman–Crippen MR) is 68.6 cm³/mol. The van der Waals surface area contributed by atoms with Crippen LogP contribution in [0.3, 0.4) is 0 Å². The summed E-state index contributed by atoms with van der Waals surface area (Å²) in [4.78, 5) is 33.3. The van der Waals surface area contributed by atoms with Gasteiger partial charge in [0.1, 0.15) is 0 Å². The summed E-state index contributed by atoms with van der Waals surface area (Å²) in [6.45, 7) is 2.10. The molecule has 19 heavy (non-hydrogen) atoms. The van der Waals surface area contributed by atoms with Crippen molar-refractivity contribution in [1.29, 1.82) is 0 Å². The smallest absolute Gasteiger partial charge is 0.315 e. The molecule has 1 unspecified atom stereocenters. The van der Waals surface area contributed by atoms with Crippen LogP contribution in [0.15, 0.2) is 0 Å². The molecule has 0 bridgehead atoms. The fourth-order valence-corrected chi connectivity index (χ4v) is 1.57. The summed E-state index contributed by atoms with van der Waals surface area (Å²) in [6.07, 6.45) is 2.71. The predicted octanol–water partition coefficient (Wildman–Crippen LogP) is 0.0651. The van der Waals surface area contributed by atoms with Crippen molar-refractivity contribution >= 4 is 17.9 Å². The Hall–Kier alpha value is -1.79. The highest BCUT2D eigenvalue weighted by Crippen LogP contribution is 2.18. The van der Waals surface area contributed by atoms with Crippen molar-refractivity contribution in [3.8, 4) is 0 Å². The van der Waals surface area contributed by atoms with Gasteiger partial charge in [0, 0.05) is 19.0 Å². The van der Waals surface area contributed by atoms with Crippen LogP contribution in [0.2, 0.25) is 0 Å². The second kappa shape index (κ2) is 7.60. The Morgan fingerprint density at radius 1 is 1.26 bits per heavy atom. The van der Waals surface area contributed by atoms with Crippen LogP contribution in [-0.2, 0) is 9.59 Å². The summed E-state index contributed by atoms with van der Waals surface area (Å²) in [5.74, 6) is -1.17. The van der Waals surface area contributed by atoms with Gasteiger partial charge in [-0.3, -0.25) is 9.59 Å². The number of carboxylic acid groups (broad SMARTS) is 1. The van der Waals surface area contributed by atoms with E-state index in [0.29, 0.717) is 13.0 Å². The monoisotopic (exact) mass is 271 g/mol. The average molecular weight is 271 g/mol. The summed E-state index contributed by atoms with van der Waals surface area (Å²) in [6, 6.07) is -0.174. The van der Waals surface area contributed by atoms with E-state index in [-0.39, 0.29) is 30.8 Å². The van der Waals surface area contributed by atoms with E-state index in [2.05, 4.69) is 16.0 Å². The summed E-state index contributed by atoms with van der Waals surface area (Å²) in [7, 11) is 0. The van der Waals surface area contributed by atoms with E-state index < -0.39 is 12.0 Å². The van der Waals surface area contributed by atoms with Crippen molar-refractivity contribution in [2.45, 2.75) is 38.6 Å². The molecule has 0 heterocycles. The maximum absolute atomic E-state index is 11.4. The van der Waals surface area contributed by atoms with E-state index in [1.165, 1.54) is 0 Å². The molecule has 1 aliphatic rings. The topological polar surface area (TPSA) is 108 Å². The molecular weight excluding hydrogens is 250 g/mol. The third kappa shape index (κ3) is 7.28. The molecule has 0 spiro atoms. The van der Waals surface area contributed by atoms with Gasteiger partial charge in [0.05, 0.1) is 6.54 Å². The normalized spacial score (nSPS) is 15.4. The van der Waals surface area contributed by atoms with Crippen molar-refractivity contribution in [2.24, 2.45) is 5.92 Å². The quantitative estimate of drug-likeness (QED) is 0.501. The number of carbonyl (C=O) groups excluding carboxylic acids is 2. The van der Waals surface area contributed by atoms with Gasteiger partial charge >= 0.3 is 12.0 Å². The Labute approximate surface area is 112 Å². The van der Waals surface area contributed by atoms with E-state index in [1.54, 1.807) is 0 Å². The number of amides is 3. The van der Waals surface area contributed by atoms with Crippen molar-refractivity contribution in [1.82, 2.24) is 16.0 Å². The summed E-state index contributed by atoms with van der Waals surface area (Å²) in [5.41, 5.74) is 0. The molecule has 3 amide bonds. The molecule has 0 saturated heterocycles. The molecule has 1 atom stereocenters. The first kappa shape index (κ1) is 15.3. The minimum atomic E-state index is -0.877. The highest BCUT2D eigenvalue weighted by Gasteiger charge is 2.23. The number of urea groups is 1. The lowest BCUT2D eigenvalue weighted by Crippen LogP contribution is -2.43. The summed E-state index contributed by atoms with van der Waals surface area (Å²) in [5, 5.41) is 16.4. The van der Waals surface area contributed by atoms with Crippen LogP contribution in [0.1, 0.15) is 32.6 Å². The maximum Gasteiger partial charge on any atom is 0.315 e. The number of rotatable bonds is 8. The standard InChI is InChI=1S/C12H21N3O4/c1-2-8(5-11(17)18)6-13-12(19)14-7-10(16)15-9-3-4-9/h8-9H,2-7H2,1H3,(H,15,16)(H,17,18)(H2,13,14,19). The molecule has 7 heteroatoms. The third-order valence-corrected chi connectivity index (χ3v) is 2.94. The summed E-state index contributed by atoms with van der Waals surface area (Å²) >= 11 is 0. The average Bonchev–Trinajstić information content (AvgIpc) is 3.15. The molecule has 1 saturated carbocycles. The SMILES string of the molecule is CCC(CNC(=O)NCC(=O)NC1CC1)CC(=O)O. The number of hydrogen-bond acceptors (Lipinski definition) is 3. The van der Waals surface area contributed by atoms with Gasteiger partial charge in [-0.25, -0.2) is 4.79 Å². The maximum atomic E-state index is 11.4. The molecule has 7 nitrogen and oxygen atoms in total. The van der Waals surface area contributed by atoms with Gasteiger partial charge in [-0.05, 0) is 18.8 Å². The van der Waals surface area contributed by atoms with Gasteiger partial charge in [0.25, 0.3) is 0 Å². The highest BCUT2D eigenvalue weighted by atomic mass is 16.4. The van der Waals surface area contributed by atoms with Crippen molar-refractivity contribution in [3.63, 3.8) is 0 Å². The zero-order chi connectivity index (χ0) is 14.3. The first-order chi connectivity index (χ1) is 9.01.